The zero-order chi connectivity index (χ0) is 10.8. The van der Waals surface area contributed by atoms with E-state index in [9.17, 15) is 13.2 Å². The maximum absolute atomic E-state index is 11.4. The number of nitrogens with one attached hydrogen (secondary N) is 1. The van der Waals surface area contributed by atoms with Crippen molar-refractivity contribution in [1.82, 2.24) is 4.72 Å². The average molecular weight is 298 g/mol. The normalized spacial score (nSPS) is 11.6. The van der Waals surface area contributed by atoms with E-state index in [0.717, 1.165) is 11.3 Å². The molecule has 0 spiro atoms. The second-order valence-electron chi connectivity index (χ2n) is 2.39. The summed E-state index contributed by atoms with van der Waals surface area (Å²) in [5, 5.41) is 1.70. The molecular weight excluding hydrogens is 290 g/mol. The molecule has 14 heavy (non-hydrogen) atoms. The molecule has 7 heteroatoms. The Kier molecular flexibility index (Phi) is 3.82. The first-order valence-corrected chi connectivity index (χ1v) is 7.11. The fraction of sp³-hybridized carbons (Fsp3) is 0.286. The lowest BCUT2D eigenvalue weighted by atomic mass is 10.2. The Morgan fingerprint density at radius 3 is 2.79 bits per heavy atom. The number of carbonyl (C=O) groups is 1. The van der Waals surface area contributed by atoms with E-state index < -0.39 is 10.0 Å². The van der Waals surface area contributed by atoms with Crippen LogP contribution in [0.2, 0.25) is 0 Å². The summed E-state index contributed by atoms with van der Waals surface area (Å²) in [5.74, 6) is -0.236. The van der Waals surface area contributed by atoms with Crippen LogP contribution < -0.4 is 4.72 Å². The first kappa shape index (κ1) is 11.8. The fourth-order valence-corrected chi connectivity index (χ4v) is 3.39. The third-order valence-corrected chi connectivity index (χ3v) is 4.97. The van der Waals surface area contributed by atoms with Gasteiger partial charge in [0, 0.05) is 5.56 Å². The SMILES string of the molecule is CNS(=O)(=O)c1sccc1C(=O)CBr. The van der Waals surface area contributed by atoms with Gasteiger partial charge in [0.1, 0.15) is 4.21 Å². The molecule has 0 unspecified atom stereocenters. The van der Waals surface area contributed by atoms with E-state index in [4.69, 9.17) is 0 Å². The Bertz CT molecular complexity index is 438. The maximum Gasteiger partial charge on any atom is 0.250 e. The summed E-state index contributed by atoms with van der Waals surface area (Å²) in [5.41, 5.74) is 0.237. The number of alkyl halides is 1. The lowest BCUT2D eigenvalue weighted by molar-refractivity contribution is 0.102. The minimum Gasteiger partial charge on any atom is -0.293 e. The highest BCUT2D eigenvalue weighted by Gasteiger charge is 2.21. The van der Waals surface area contributed by atoms with Gasteiger partial charge in [-0.25, -0.2) is 13.1 Å². The smallest absolute Gasteiger partial charge is 0.250 e. The van der Waals surface area contributed by atoms with Crippen LogP contribution in [0.4, 0.5) is 0 Å². The van der Waals surface area contributed by atoms with Crippen molar-refractivity contribution in [3.8, 4) is 0 Å². The van der Waals surface area contributed by atoms with Crippen molar-refractivity contribution in [3.63, 3.8) is 0 Å². The van der Waals surface area contributed by atoms with E-state index in [1.807, 2.05) is 0 Å². The molecule has 0 aliphatic rings. The first-order valence-electron chi connectivity index (χ1n) is 3.63. The van der Waals surface area contributed by atoms with Crippen LogP contribution in [0.5, 0.6) is 0 Å². The van der Waals surface area contributed by atoms with Gasteiger partial charge < -0.3 is 0 Å². The molecule has 4 nitrogen and oxygen atoms in total. The summed E-state index contributed by atoms with van der Waals surface area (Å²) in [4.78, 5) is 11.3. The van der Waals surface area contributed by atoms with Gasteiger partial charge >= 0.3 is 0 Å². The summed E-state index contributed by atoms with van der Waals surface area (Å²) in [6.45, 7) is 0. The van der Waals surface area contributed by atoms with Gasteiger partial charge in [0.05, 0.1) is 5.33 Å². The molecule has 0 aliphatic heterocycles. The molecule has 1 heterocycles. The summed E-state index contributed by atoms with van der Waals surface area (Å²) in [6, 6.07) is 1.51. The highest BCUT2D eigenvalue weighted by molar-refractivity contribution is 9.09. The molecule has 0 bridgehead atoms. The Hall–Kier alpha value is -0.240. The van der Waals surface area contributed by atoms with Crippen LogP contribution in [0.15, 0.2) is 15.7 Å². The molecule has 1 aromatic rings. The molecule has 1 aromatic heterocycles. The van der Waals surface area contributed by atoms with Crippen molar-refractivity contribution in [3.05, 3.63) is 17.0 Å². The van der Waals surface area contributed by atoms with Gasteiger partial charge in [0.2, 0.25) is 0 Å². The molecule has 0 atom stereocenters. The monoisotopic (exact) mass is 297 g/mol. The lowest BCUT2D eigenvalue weighted by Gasteiger charge is -2.01. The zero-order valence-electron chi connectivity index (χ0n) is 7.28. The molecule has 1 rings (SSSR count). The molecule has 0 saturated heterocycles. The van der Waals surface area contributed by atoms with Gasteiger partial charge in [0.15, 0.2) is 5.78 Å². The van der Waals surface area contributed by atoms with Crippen LogP contribution in [-0.2, 0) is 10.0 Å². The van der Waals surface area contributed by atoms with Crippen LogP contribution in [0.25, 0.3) is 0 Å². The number of Topliss-reactive ketones (excluding diaryl/α,β-unsaturated/α-hetero) is 1. The molecule has 0 aromatic carbocycles. The number of thiophene rings is 1. The molecule has 0 saturated carbocycles. The molecule has 0 fully saturated rings. The first-order chi connectivity index (χ1) is 6.53. The van der Waals surface area contributed by atoms with E-state index in [2.05, 4.69) is 20.7 Å². The van der Waals surface area contributed by atoms with Gasteiger partial charge in [-0.1, -0.05) is 15.9 Å². The van der Waals surface area contributed by atoms with Crippen molar-refractivity contribution in [2.75, 3.05) is 12.4 Å². The van der Waals surface area contributed by atoms with Gasteiger partial charge in [-0.15, -0.1) is 11.3 Å². The van der Waals surface area contributed by atoms with Gasteiger partial charge in [-0.05, 0) is 18.5 Å². The molecular formula is C7H8BrNO3S2. The second-order valence-corrected chi connectivity index (χ2v) is 5.94. The number of carbonyl (C=O) groups excluding carboxylic acids is 1. The van der Waals surface area contributed by atoms with E-state index in [1.54, 1.807) is 5.38 Å². The summed E-state index contributed by atoms with van der Waals surface area (Å²) in [7, 11) is -2.20. The van der Waals surface area contributed by atoms with Gasteiger partial charge in [0.25, 0.3) is 10.0 Å². The third kappa shape index (κ3) is 2.22. The van der Waals surface area contributed by atoms with Crippen LogP contribution in [0.3, 0.4) is 0 Å². The Morgan fingerprint density at radius 2 is 2.29 bits per heavy atom. The predicted octanol–water partition coefficient (Wildman–Crippen LogP) is 1.23. The van der Waals surface area contributed by atoms with E-state index >= 15 is 0 Å². The van der Waals surface area contributed by atoms with E-state index in [-0.39, 0.29) is 20.9 Å². The highest BCUT2D eigenvalue weighted by Crippen LogP contribution is 2.23. The van der Waals surface area contributed by atoms with Crippen molar-refractivity contribution in [1.29, 1.82) is 0 Å². The number of hydrogen-bond acceptors (Lipinski definition) is 4. The molecule has 0 radical (unpaired) electrons. The summed E-state index contributed by atoms with van der Waals surface area (Å²) in [6.07, 6.45) is 0. The second kappa shape index (κ2) is 4.52. The minimum atomic E-state index is -3.51. The fourth-order valence-electron chi connectivity index (χ4n) is 0.875. The van der Waals surface area contributed by atoms with Gasteiger partial charge in [-0.2, -0.15) is 0 Å². The van der Waals surface area contributed by atoms with Crippen LogP contribution >= 0.6 is 27.3 Å². The molecule has 0 amide bonds. The van der Waals surface area contributed by atoms with E-state index in [1.165, 1.54) is 13.1 Å². The van der Waals surface area contributed by atoms with Crippen LogP contribution in [0, 0.1) is 0 Å². The lowest BCUT2D eigenvalue weighted by Crippen LogP contribution is -2.19. The van der Waals surface area contributed by atoms with Crippen LogP contribution in [-0.4, -0.2) is 26.6 Å². The molecule has 0 aliphatic carbocycles. The van der Waals surface area contributed by atoms with Gasteiger partial charge in [-0.3, -0.25) is 4.79 Å². The van der Waals surface area contributed by atoms with Crippen molar-refractivity contribution >= 4 is 43.1 Å². The van der Waals surface area contributed by atoms with E-state index in [0.29, 0.717) is 0 Å². The molecule has 1 N–H and O–H groups in total. The van der Waals surface area contributed by atoms with Crippen molar-refractivity contribution < 1.29 is 13.2 Å². The Labute approximate surface area is 94.5 Å². The standard InChI is InChI=1S/C7H8BrNO3S2/c1-9-14(11,12)7-5(2-3-13-7)6(10)4-8/h2-3,9H,4H2,1H3. The summed E-state index contributed by atoms with van der Waals surface area (Å²) >= 11 is 4.03. The number of sulfonamides is 1. The number of ketones is 1. The third-order valence-electron chi connectivity index (χ3n) is 1.56. The topological polar surface area (TPSA) is 63.2 Å². The maximum atomic E-state index is 11.4. The number of halogens is 1. The molecule has 78 valence electrons. The largest absolute Gasteiger partial charge is 0.293 e. The highest BCUT2D eigenvalue weighted by atomic mass is 79.9. The Balaban J connectivity index is 3.25. The summed E-state index contributed by atoms with van der Waals surface area (Å²) < 4.78 is 25.1. The van der Waals surface area contributed by atoms with Crippen LogP contribution in [0.1, 0.15) is 10.4 Å². The van der Waals surface area contributed by atoms with Crippen molar-refractivity contribution in [2.45, 2.75) is 4.21 Å². The number of hydrogen-bond donors (Lipinski definition) is 1. The Morgan fingerprint density at radius 1 is 1.64 bits per heavy atom. The zero-order valence-corrected chi connectivity index (χ0v) is 10.5. The average Bonchev–Trinajstić information content (AvgIpc) is 2.65. The van der Waals surface area contributed by atoms with Crippen molar-refractivity contribution in [2.24, 2.45) is 0 Å². The predicted molar refractivity (Wildman–Crippen MR) is 58.7 cm³/mol. The number of rotatable bonds is 4. The quantitative estimate of drug-likeness (QED) is 0.672. The minimum absolute atomic E-state index is 0.0736.